The molecule has 0 heterocycles. The van der Waals surface area contributed by atoms with Crippen molar-refractivity contribution in [1.82, 2.24) is 0 Å². The maximum atomic E-state index is 8.09. The van der Waals surface area contributed by atoms with E-state index in [9.17, 15) is 0 Å². The molecule has 0 rings (SSSR count). The summed E-state index contributed by atoms with van der Waals surface area (Å²) in [7, 11) is 0. The molecule has 0 aromatic rings. The third-order valence-electron chi connectivity index (χ3n) is 0.666. The van der Waals surface area contributed by atoms with Gasteiger partial charge in [-0.15, -0.1) is 13.2 Å². The first kappa shape index (κ1) is 24.5. The van der Waals surface area contributed by atoms with E-state index in [2.05, 4.69) is 13.2 Å². The summed E-state index contributed by atoms with van der Waals surface area (Å²) in [6.45, 7) is 10.6. The molecule has 0 bridgehead atoms. The van der Waals surface area contributed by atoms with Crippen molar-refractivity contribution in [3.63, 3.8) is 0 Å². The molecule has 0 atom stereocenters. The quantitative estimate of drug-likeness (QED) is 0.435. The van der Waals surface area contributed by atoms with E-state index in [1.807, 2.05) is 13.8 Å². The van der Waals surface area contributed by atoms with Crippen molar-refractivity contribution in [2.24, 2.45) is 0 Å². The van der Waals surface area contributed by atoms with Gasteiger partial charge < -0.3 is 20.4 Å². The molecule has 100 valence electrons. The number of unbranched alkanes of at least 4 members (excludes halogenated alkanes) is 1. The van der Waals surface area contributed by atoms with E-state index in [0.717, 1.165) is 12.8 Å². The fraction of sp³-hybridized carbons (Fsp3) is 0.667. The molecule has 4 N–H and O–H groups in total. The smallest absolute Gasteiger partial charge is 0.0662 e. The minimum atomic E-state index is -0.125. The van der Waals surface area contributed by atoms with E-state index in [1.165, 1.54) is 0 Å². The van der Waals surface area contributed by atoms with E-state index < -0.39 is 0 Å². The molecular weight excluding hydrogens is 208 g/mol. The highest BCUT2D eigenvalue weighted by molar-refractivity contribution is 4.51. The van der Waals surface area contributed by atoms with Crippen LogP contribution in [0.4, 0.5) is 0 Å². The Balaban J connectivity index is -0.0000000635. The number of rotatable bonds is 4. The van der Waals surface area contributed by atoms with Crippen molar-refractivity contribution in [2.75, 3.05) is 26.4 Å². The molecule has 0 spiro atoms. The summed E-state index contributed by atoms with van der Waals surface area (Å²) in [5, 5.41) is 31.4. The van der Waals surface area contributed by atoms with Gasteiger partial charge in [-0.25, -0.2) is 0 Å². The summed E-state index contributed by atoms with van der Waals surface area (Å²) in [6.07, 6.45) is 4.94. The minimum absolute atomic E-state index is 0.125. The van der Waals surface area contributed by atoms with Crippen molar-refractivity contribution in [2.45, 2.75) is 26.7 Å². The molecule has 4 heteroatoms. The maximum absolute atomic E-state index is 8.09. The Labute approximate surface area is 99.6 Å². The molecule has 4 nitrogen and oxygen atoms in total. The first-order chi connectivity index (χ1) is 7.66. The molecule has 0 aliphatic carbocycles. The zero-order valence-electron chi connectivity index (χ0n) is 10.6. The number of allylic oxidation sites excluding steroid dienone is 2. The fourth-order valence-corrected chi connectivity index (χ4v) is 0.224. The molecule has 0 saturated heterocycles. The van der Waals surface area contributed by atoms with Crippen molar-refractivity contribution in [3.05, 3.63) is 25.3 Å². The Morgan fingerprint density at radius 3 is 0.938 bits per heavy atom. The van der Waals surface area contributed by atoms with Gasteiger partial charge in [-0.2, -0.15) is 0 Å². The van der Waals surface area contributed by atoms with Crippen LogP contribution in [0.25, 0.3) is 0 Å². The van der Waals surface area contributed by atoms with Crippen LogP contribution in [0.3, 0.4) is 0 Å². The lowest BCUT2D eigenvalue weighted by molar-refractivity contribution is 0.186. The number of aliphatic hydroxyl groups excluding tert-OH is 4. The Hall–Kier alpha value is -0.680. The van der Waals surface area contributed by atoms with Gasteiger partial charge in [0.1, 0.15) is 0 Å². The Bertz CT molecular complexity index is 83.0. The van der Waals surface area contributed by atoms with E-state index in [-0.39, 0.29) is 26.4 Å². The Kier molecular flexibility index (Phi) is 72.7. The Morgan fingerprint density at radius 2 is 0.875 bits per heavy atom. The molecule has 0 amide bonds. The number of hydrogen-bond donors (Lipinski definition) is 4. The van der Waals surface area contributed by atoms with Crippen LogP contribution in [-0.2, 0) is 0 Å². The van der Waals surface area contributed by atoms with E-state index in [4.69, 9.17) is 20.4 Å². The van der Waals surface area contributed by atoms with E-state index >= 15 is 0 Å². The summed E-state index contributed by atoms with van der Waals surface area (Å²) in [6, 6.07) is 0. The predicted octanol–water partition coefficient (Wildman–Crippen LogP) is 1.11. The zero-order valence-corrected chi connectivity index (χ0v) is 10.6. The van der Waals surface area contributed by atoms with Crippen molar-refractivity contribution in [3.8, 4) is 0 Å². The molecule has 16 heavy (non-hydrogen) atoms. The lowest BCUT2D eigenvalue weighted by Crippen LogP contribution is -1.85. The number of aliphatic hydroxyl groups is 4. The van der Waals surface area contributed by atoms with Crippen molar-refractivity contribution in [1.29, 1.82) is 0 Å². The lowest BCUT2D eigenvalue weighted by atomic mass is 10.3. The van der Waals surface area contributed by atoms with E-state index in [1.54, 1.807) is 12.2 Å². The summed E-state index contributed by atoms with van der Waals surface area (Å²) in [5.74, 6) is 0. The SMILES string of the molecule is C=CC.C=CC.OCCCCO.OCCO. The number of hydrogen-bond acceptors (Lipinski definition) is 4. The van der Waals surface area contributed by atoms with Gasteiger partial charge in [-0.1, -0.05) is 12.2 Å². The largest absolute Gasteiger partial charge is 0.396 e. The molecule has 0 radical (unpaired) electrons. The minimum Gasteiger partial charge on any atom is -0.396 e. The highest BCUT2D eigenvalue weighted by Crippen LogP contribution is 1.80. The van der Waals surface area contributed by atoms with Gasteiger partial charge in [0.2, 0.25) is 0 Å². The Morgan fingerprint density at radius 1 is 0.688 bits per heavy atom. The summed E-state index contributed by atoms with van der Waals surface area (Å²) < 4.78 is 0. The monoisotopic (exact) mass is 236 g/mol. The topological polar surface area (TPSA) is 80.9 Å². The second-order valence-electron chi connectivity index (χ2n) is 2.42. The predicted molar refractivity (Wildman–Crippen MR) is 69.3 cm³/mol. The second kappa shape index (κ2) is 47.4. The van der Waals surface area contributed by atoms with Crippen molar-refractivity contribution >= 4 is 0 Å². The van der Waals surface area contributed by atoms with Crippen LogP contribution in [0.1, 0.15) is 26.7 Å². The lowest BCUT2D eigenvalue weighted by Gasteiger charge is -1.85. The molecule has 0 saturated carbocycles. The first-order valence-electron chi connectivity index (χ1n) is 5.24. The van der Waals surface area contributed by atoms with Crippen LogP contribution in [-0.4, -0.2) is 46.9 Å². The van der Waals surface area contributed by atoms with Gasteiger partial charge in [0.25, 0.3) is 0 Å². The van der Waals surface area contributed by atoms with Crippen molar-refractivity contribution < 1.29 is 20.4 Å². The summed E-state index contributed by atoms with van der Waals surface area (Å²) in [4.78, 5) is 0. The highest BCUT2D eigenvalue weighted by Gasteiger charge is 1.77. The van der Waals surface area contributed by atoms with Crippen LogP contribution in [0.2, 0.25) is 0 Å². The molecule has 0 aromatic carbocycles. The summed E-state index contributed by atoms with van der Waals surface area (Å²) >= 11 is 0. The van der Waals surface area contributed by atoms with Gasteiger partial charge in [0, 0.05) is 13.2 Å². The van der Waals surface area contributed by atoms with Crippen LogP contribution in [0.15, 0.2) is 25.3 Å². The molecule has 0 aromatic heterocycles. The average molecular weight is 236 g/mol. The van der Waals surface area contributed by atoms with Gasteiger partial charge in [0.05, 0.1) is 13.2 Å². The van der Waals surface area contributed by atoms with Gasteiger partial charge in [0.15, 0.2) is 0 Å². The standard InChI is InChI=1S/C4H10O2.2C3H6.C2H6O2/c5-3-1-2-4-6;2*1-3-2;3-1-2-4/h5-6H,1-4H2;2*3H,1H2,2H3;3-4H,1-2H2. The molecule has 0 aliphatic rings. The average Bonchev–Trinajstić information content (AvgIpc) is 2.29. The van der Waals surface area contributed by atoms with Crippen LogP contribution in [0.5, 0.6) is 0 Å². The normalized spacial score (nSPS) is 6.88. The van der Waals surface area contributed by atoms with Gasteiger partial charge in [-0.3, -0.25) is 0 Å². The van der Waals surface area contributed by atoms with Crippen LogP contribution >= 0.6 is 0 Å². The molecule has 0 fully saturated rings. The molecule has 0 unspecified atom stereocenters. The summed E-state index contributed by atoms with van der Waals surface area (Å²) in [5.41, 5.74) is 0. The van der Waals surface area contributed by atoms with Gasteiger partial charge in [-0.05, 0) is 26.7 Å². The van der Waals surface area contributed by atoms with Crippen LogP contribution < -0.4 is 0 Å². The third-order valence-corrected chi connectivity index (χ3v) is 0.666. The highest BCUT2D eigenvalue weighted by atomic mass is 16.3. The second-order valence-corrected chi connectivity index (χ2v) is 2.42. The van der Waals surface area contributed by atoms with Crippen LogP contribution in [0, 0.1) is 0 Å². The maximum Gasteiger partial charge on any atom is 0.0662 e. The zero-order chi connectivity index (χ0) is 13.7. The first-order valence-corrected chi connectivity index (χ1v) is 5.24. The van der Waals surface area contributed by atoms with E-state index in [0.29, 0.717) is 0 Å². The molecular formula is C12H28O4. The van der Waals surface area contributed by atoms with Gasteiger partial charge >= 0.3 is 0 Å². The third kappa shape index (κ3) is 183. The molecule has 0 aliphatic heterocycles. The fourth-order valence-electron chi connectivity index (χ4n) is 0.224.